The molecule has 0 radical (unpaired) electrons. The number of phenols is 2. The number of carbonyl (C=O) groups excluding carboxylic acids is 9. The molecule has 26 heteroatoms. The average Bonchev–Trinajstić information content (AvgIpc) is 1.60. The third-order valence-corrected chi connectivity index (χ3v) is 15.4. The topological polar surface area (TPSA) is 386 Å². The van der Waals surface area contributed by atoms with E-state index in [1.54, 1.807) is 83.1 Å². The quantitative estimate of drug-likeness (QED) is 0.0287. The average molecular weight is 1270 g/mol. The molecule has 3 aromatic carbocycles. The van der Waals surface area contributed by atoms with E-state index in [9.17, 15) is 53.4 Å². The predicted molar refractivity (Wildman–Crippen MR) is 343 cm³/mol. The first-order valence-electron chi connectivity index (χ1n) is 31.3. The molecule has 9 atom stereocenters. The fourth-order valence-corrected chi connectivity index (χ4v) is 10.8. The summed E-state index contributed by atoms with van der Waals surface area (Å²) in [7, 11) is 0. The van der Waals surface area contributed by atoms with E-state index in [-0.39, 0.29) is 74.9 Å². The van der Waals surface area contributed by atoms with Gasteiger partial charge in [0.1, 0.15) is 59.4 Å². The van der Waals surface area contributed by atoms with E-state index in [0.29, 0.717) is 47.3 Å². The minimum absolute atomic E-state index is 0.00597. The Labute approximate surface area is 536 Å². The number of nitrogens with zero attached hydrogens (tertiary/aromatic N) is 3. The highest BCUT2D eigenvalue weighted by molar-refractivity contribution is 5.97. The molecule has 498 valence electrons. The molecule has 0 saturated carbocycles. The number of H-pyrrole nitrogens is 2. The van der Waals surface area contributed by atoms with Crippen LogP contribution in [0.15, 0.2) is 104 Å². The van der Waals surface area contributed by atoms with E-state index in [4.69, 9.17) is 10.5 Å². The molecular formula is C66H92N14O12. The summed E-state index contributed by atoms with van der Waals surface area (Å²) in [5, 5.41) is 43.1. The summed E-state index contributed by atoms with van der Waals surface area (Å²) in [6.45, 7) is 16.6. The smallest absolute Gasteiger partial charge is 0.408 e. The van der Waals surface area contributed by atoms with Crippen LogP contribution in [0.3, 0.4) is 0 Å². The molecule has 2 aromatic heterocycles. The first kappa shape index (κ1) is 71.7. The molecule has 1 aliphatic heterocycles. The number of rotatable bonds is 33. The Balaban J connectivity index is 1.18. The van der Waals surface area contributed by atoms with Gasteiger partial charge in [-0.1, -0.05) is 96.1 Å². The van der Waals surface area contributed by atoms with Crippen molar-refractivity contribution >= 4 is 53.4 Å². The summed E-state index contributed by atoms with van der Waals surface area (Å²) in [4.78, 5) is 143. The molecule has 6 rings (SSSR count). The van der Waals surface area contributed by atoms with Gasteiger partial charge in [-0.25, -0.2) is 14.8 Å². The molecular weight excluding hydrogens is 1180 g/mol. The van der Waals surface area contributed by atoms with Gasteiger partial charge in [-0.05, 0) is 105 Å². The van der Waals surface area contributed by atoms with Gasteiger partial charge in [0.15, 0.2) is 0 Å². The number of aromatic amines is 2. The van der Waals surface area contributed by atoms with Gasteiger partial charge in [-0.15, -0.1) is 0 Å². The van der Waals surface area contributed by atoms with Crippen molar-refractivity contribution in [3.8, 4) is 11.5 Å². The summed E-state index contributed by atoms with van der Waals surface area (Å²) >= 11 is 0. The number of ether oxygens (including phenoxy) is 1. The summed E-state index contributed by atoms with van der Waals surface area (Å²) in [5.41, 5.74) is 7.81. The van der Waals surface area contributed by atoms with Crippen LogP contribution in [0.4, 0.5) is 4.79 Å². The highest BCUT2D eigenvalue weighted by atomic mass is 16.6. The minimum Gasteiger partial charge on any atom is -0.508 e. The molecule has 0 aliphatic carbocycles. The molecule has 0 spiro atoms. The van der Waals surface area contributed by atoms with Gasteiger partial charge in [-0.2, -0.15) is 0 Å². The summed E-state index contributed by atoms with van der Waals surface area (Å²) < 4.78 is 5.49. The second-order valence-electron chi connectivity index (χ2n) is 25.7. The molecule has 92 heavy (non-hydrogen) atoms. The van der Waals surface area contributed by atoms with E-state index in [1.165, 1.54) is 54.2 Å². The number of imidazole rings is 2. The fourth-order valence-electron chi connectivity index (χ4n) is 10.8. The lowest BCUT2D eigenvalue weighted by atomic mass is 9.98. The van der Waals surface area contributed by atoms with Crippen LogP contribution >= 0.6 is 0 Å². The maximum atomic E-state index is 14.8. The first-order chi connectivity index (χ1) is 43.6. The SMILES string of the molecule is CC(C)C[C@@H](CN[C@H](CC(C)C)C(=O)N[C@H](C(=O)N[C@@H](Cc1ccc(O)cc1)C(=O)N[C@@H](Cc1ccc(O)cc1)C(N)=O)C(C)C)NC(=O)[C@H](Cc1cnc[nH]1)NC(=O)[C@H](Cc1ccccc1)NC(=O)[C@@H]1CCCN1C(=O)[C@H](Cc1cnc[nH]1)NC(=O)OC(C)(C)C. The molecule has 14 N–H and O–H groups in total. The standard InChI is InChI=1S/C66H92N14O12/c1-38(2)26-46(35-70-50(27-39(3)4)58(84)79-56(40(5)6)63(89)77-52(30-43-19-23-48(82)24-20-43)60(86)74-49(57(67)83)28-42-17-21-47(81)22-18-42)73-59(85)53(31-44-33-68-36-71-44)75-61(87)51(29-41-14-11-10-12-15-41)76-62(88)55-16-13-25-80(55)64(90)54(32-45-34-69-37-72-45)78-65(91)92-66(7,8)9/h10-12,14-15,17-24,33-34,36-40,46,49-56,70,81-82H,13,16,25-32,35H2,1-9H3,(H2,67,83)(H,68,71)(H,69,72)(H,73,85)(H,74,86)(H,75,87)(H,76,88)(H,77,89)(H,78,91)(H,79,84)/t46-,49-,50+,51-,52-,53-,54-,55-,56-/m0/s1. The van der Waals surface area contributed by atoms with Crippen LogP contribution < -0.4 is 48.3 Å². The zero-order chi connectivity index (χ0) is 67.2. The molecule has 26 nitrogen and oxygen atoms in total. The zero-order valence-electron chi connectivity index (χ0n) is 53.9. The van der Waals surface area contributed by atoms with Crippen LogP contribution in [-0.2, 0) is 75.2 Å². The van der Waals surface area contributed by atoms with Gasteiger partial charge < -0.3 is 78.1 Å². The molecule has 0 unspecified atom stereocenters. The lowest BCUT2D eigenvalue weighted by molar-refractivity contribution is -0.141. The molecule has 9 amide bonds. The fraction of sp³-hybridized carbons (Fsp3) is 0.500. The van der Waals surface area contributed by atoms with Crippen molar-refractivity contribution in [3.05, 3.63) is 132 Å². The van der Waals surface area contributed by atoms with Gasteiger partial charge in [0, 0.05) is 75.0 Å². The summed E-state index contributed by atoms with van der Waals surface area (Å²) in [5.74, 6) is -5.76. The zero-order valence-corrected chi connectivity index (χ0v) is 53.9. The number of primary amides is 1. The largest absolute Gasteiger partial charge is 0.508 e. The molecule has 1 aliphatic rings. The van der Waals surface area contributed by atoms with Crippen molar-refractivity contribution in [1.82, 2.24) is 67.4 Å². The number of aromatic nitrogens is 4. The molecule has 1 saturated heterocycles. The van der Waals surface area contributed by atoms with Crippen molar-refractivity contribution in [2.24, 2.45) is 23.5 Å². The van der Waals surface area contributed by atoms with E-state index in [2.05, 4.69) is 62.5 Å². The van der Waals surface area contributed by atoms with Gasteiger partial charge in [0.25, 0.3) is 0 Å². The second kappa shape index (κ2) is 34.2. The van der Waals surface area contributed by atoms with Crippen LogP contribution in [0.1, 0.15) is 116 Å². The second-order valence-corrected chi connectivity index (χ2v) is 25.7. The lowest BCUT2D eigenvalue weighted by Gasteiger charge is -2.31. The number of aromatic hydroxyl groups is 2. The normalized spacial score (nSPS) is 15.8. The number of phenolic OH excluding ortho intramolecular Hbond substituents is 2. The Kier molecular flexibility index (Phi) is 26.7. The third-order valence-electron chi connectivity index (χ3n) is 15.4. The van der Waals surface area contributed by atoms with Crippen LogP contribution in [0, 0.1) is 17.8 Å². The number of nitrogens with two attached hydrogens (primary N) is 1. The Morgan fingerprint density at radius 2 is 1.05 bits per heavy atom. The van der Waals surface area contributed by atoms with Gasteiger partial charge in [0.05, 0.1) is 18.7 Å². The van der Waals surface area contributed by atoms with E-state index < -0.39 is 119 Å². The molecule has 5 aromatic rings. The summed E-state index contributed by atoms with van der Waals surface area (Å²) in [6.07, 6.45) is 6.47. The van der Waals surface area contributed by atoms with Gasteiger partial charge >= 0.3 is 6.09 Å². The van der Waals surface area contributed by atoms with Gasteiger partial charge in [-0.3, -0.25) is 38.4 Å². The van der Waals surface area contributed by atoms with E-state index in [1.807, 2.05) is 33.8 Å². The lowest BCUT2D eigenvalue weighted by Crippen LogP contribution is -2.60. The van der Waals surface area contributed by atoms with E-state index >= 15 is 0 Å². The first-order valence-corrected chi connectivity index (χ1v) is 31.3. The van der Waals surface area contributed by atoms with E-state index in [0.717, 1.165) is 0 Å². The summed E-state index contributed by atoms with van der Waals surface area (Å²) in [6, 6.07) is 11.2. The Bertz CT molecular complexity index is 3210. The molecule has 3 heterocycles. The highest BCUT2D eigenvalue weighted by Crippen LogP contribution is 2.22. The number of likely N-dealkylation sites (tertiary alicyclic amines) is 1. The highest BCUT2D eigenvalue weighted by Gasteiger charge is 2.41. The third kappa shape index (κ3) is 23.2. The van der Waals surface area contributed by atoms with Crippen LogP contribution in [0.5, 0.6) is 11.5 Å². The molecule has 0 bridgehead atoms. The number of benzene rings is 3. The number of amides is 9. The van der Waals surface area contributed by atoms with Crippen LogP contribution in [0.25, 0.3) is 0 Å². The van der Waals surface area contributed by atoms with Crippen molar-refractivity contribution in [2.75, 3.05) is 13.1 Å². The van der Waals surface area contributed by atoms with Crippen molar-refractivity contribution in [3.63, 3.8) is 0 Å². The molecule has 1 fully saturated rings. The Morgan fingerprint density at radius 3 is 1.57 bits per heavy atom. The number of carbonyl (C=O) groups is 9. The van der Waals surface area contributed by atoms with Crippen molar-refractivity contribution < 1.29 is 58.1 Å². The predicted octanol–water partition coefficient (Wildman–Crippen LogP) is 3.04. The van der Waals surface area contributed by atoms with Crippen molar-refractivity contribution in [1.29, 1.82) is 0 Å². The van der Waals surface area contributed by atoms with Gasteiger partial charge in [0.2, 0.25) is 47.3 Å². The maximum Gasteiger partial charge on any atom is 0.408 e. The number of nitrogens with one attached hydrogen (secondary N) is 10. The monoisotopic (exact) mass is 1270 g/mol. The van der Waals surface area contributed by atoms with Crippen LogP contribution in [0.2, 0.25) is 0 Å². The number of hydrogen-bond donors (Lipinski definition) is 13. The number of alkyl carbamates (subject to hydrolysis) is 1. The minimum atomic E-state index is -1.29. The Hall–Kier alpha value is -9.33. The van der Waals surface area contributed by atoms with Crippen LogP contribution in [-0.4, -0.2) is 161 Å². The number of hydrogen-bond acceptors (Lipinski definition) is 15. The Morgan fingerprint density at radius 1 is 0.576 bits per heavy atom. The van der Waals surface area contributed by atoms with Crippen molar-refractivity contribution in [2.45, 2.75) is 180 Å². The maximum absolute atomic E-state index is 14.8.